The highest BCUT2D eigenvalue weighted by Crippen LogP contribution is 2.27. The van der Waals surface area contributed by atoms with Crippen LogP contribution in [0.5, 0.6) is 5.75 Å². The third kappa shape index (κ3) is 6.36. The van der Waals surface area contributed by atoms with E-state index in [1.54, 1.807) is 36.7 Å². The van der Waals surface area contributed by atoms with Crippen LogP contribution in [0.25, 0.3) is 0 Å². The average Bonchev–Trinajstić information content (AvgIpc) is 2.73. The maximum absolute atomic E-state index is 10.9. The number of rotatable bonds is 8. The van der Waals surface area contributed by atoms with Crippen LogP contribution in [0.4, 0.5) is 11.4 Å². The Morgan fingerprint density at radius 2 is 1.79 bits per heavy atom. The first-order chi connectivity index (χ1) is 14.1. The fraction of sp³-hybridized carbons (Fsp3) is 0. The van der Waals surface area contributed by atoms with Crippen molar-refractivity contribution in [3.63, 3.8) is 0 Å². The van der Waals surface area contributed by atoms with Crippen LogP contribution in [0.3, 0.4) is 0 Å². The Hall–Kier alpha value is -3.31. The molecule has 2 aromatic carbocycles. The van der Waals surface area contributed by atoms with Gasteiger partial charge in [0.15, 0.2) is 5.16 Å². The Morgan fingerprint density at radius 1 is 1.07 bits per heavy atom. The van der Waals surface area contributed by atoms with Gasteiger partial charge in [0.2, 0.25) is 18.6 Å². The summed E-state index contributed by atoms with van der Waals surface area (Å²) in [6, 6.07) is 13.3. The predicted molar refractivity (Wildman–Crippen MR) is 112 cm³/mol. The number of halogens is 1. The third-order valence-electron chi connectivity index (χ3n) is 3.24. The van der Waals surface area contributed by atoms with Crippen LogP contribution < -0.4 is 4.74 Å². The van der Waals surface area contributed by atoms with E-state index in [0.29, 0.717) is 10.8 Å². The summed E-state index contributed by atoms with van der Waals surface area (Å²) in [5.41, 5.74) is 0.486. The molecule has 0 atom stereocenters. The second-order valence-corrected chi connectivity index (χ2v) is 7.13. The van der Waals surface area contributed by atoms with Gasteiger partial charge in [-0.3, -0.25) is 10.1 Å². The molecule has 3 rings (SSSR count). The van der Waals surface area contributed by atoms with E-state index in [1.165, 1.54) is 23.9 Å². The second-order valence-electron chi connectivity index (χ2n) is 5.17. The molecule has 0 aliphatic heterocycles. The van der Waals surface area contributed by atoms with Gasteiger partial charge in [0, 0.05) is 23.4 Å². The molecular weight excluding hydrogens is 462 g/mol. The van der Waals surface area contributed by atoms with Crippen LogP contribution in [0.2, 0.25) is 0 Å². The lowest BCUT2D eigenvalue weighted by Crippen LogP contribution is -1.96. The van der Waals surface area contributed by atoms with Crippen molar-refractivity contribution in [2.24, 2.45) is 10.1 Å². The lowest BCUT2D eigenvalue weighted by Gasteiger charge is -2.00. The zero-order valence-electron chi connectivity index (χ0n) is 14.6. The van der Waals surface area contributed by atoms with Gasteiger partial charge in [-0.25, -0.2) is 15.0 Å². The second kappa shape index (κ2) is 10.3. The van der Waals surface area contributed by atoms with Crippen LogP contribution >= 0.6 is 27.7 Å². The molecule has 0 unspecified atom stereocenters. The van der Waals surface area contributed by atoms with Gasteiger partial charge >= 0.3 is 5.69 Å². The van der Waals surface area contributed by atoms with E-state index in [1.807, 2.05) is 12.1 Å². The SMILES string of the molecule is O=[N+]([O-])c1ccccc1O/C=N/O/C=N/c1ccc(Sc2ncc(Br)cn2)cc1. The number of nitrogens with zero attached hydrogens (tertiary/aromatic N) is 5. The molecule has 0 aliphatic rings. The Morgan fingerprint density at radius 3 is 2.52 bits per heavy atom. The number of nitro groups is 1. The van der Waals surface area contributed by atoms with Gasteiger partial charge in [-0.15, -0.1) is 0 Å². The molecule has 0 spiro atoms. The highest BCUT2D eigenvalue weighted by molar-refractivity contribution is 9.10. The predicted octanol–water partition coefficient (Wildman–Crippen LogP) is 5.00. The first-order valence-electron chi connectivity index (χ1n) is 7.97. The van der Waals surface area contributed by atoms with Crippen LogP contribution in [0.1, 0.15) is 0 Å². The van der Waals surface area contributed by atoms with Crippen molar-refractivity contribution in [3.05, 3.63) is 75.5 Å². The van der Waals surface area contributed by atoms with E-state index in [-0.39, 0.29) is 11.4 Å². The van der Waals surface area contributed by atoms with Gasteiger partial charge in [0.1, 0.15) is 0 Å². The van der Waals surface area contributed by atoms with Crippen LogP contribution in [0, 0.1) is 10.1 Å². The Labute approximate surface area is 177 Å². The zero-order valence-corrected chi connectivity index (χ0v) is 17.0. The quantitative estimate of drug-likeness (QED) is 0.149. The van der Waals surface area contributed by atoms with Crippen molar-refractivity contribution >= 4 is 51.9 Å². The summed E-state index contributed by atoms with van der Waals surface area (Å²) in [5, 5.41) is 15.0. The molecule has 146 valence electrons. The van der Waals surface area contributed by atoms with Gasteiger partial charge in [-0.2, -0.15) is 0 Å². The Balaban J connectivity index is 1.48. The minimum absolute atomic E-state index is 0.0598. The minimum Gasteiger partial charge on any atom is -0.435 e. The summed E-state index contributed by atoms with van der Waals surface area (Å²) in [4.78, 5) is 28.6. The molecule has 9 nitrogen and oxygen atoms in total. The smallest absolute Gasteiger partial charge is 0.311 e. The van der Waals surface area contributed by atoms with Gasteiger partial charge in [0.25, 0.3) is 0 Å². The van der Waals surface area contributed by atoms with Crippen LogP contribution in [0.15, 0.2) is 85.6 Å². The summed E-state index contributed by atoms with van der Waals surface area (Å²) in [5.74, 6) is 0.0598. The first kappa shape index (κ1) is 20.4. The van der Waals surface area contributed by atoms with E-state index in [9.17, 15) is 10.1 Å². The number of benzene rings is 2. The largest absolute Gasteiger partial charge is 0.435 e. The van der Waals surface area contributed by atoms with Gasteiger partial charge in [-0.1, -0.05) is 12.1 Å². The number of aromatic nitrogens is 2. The standard InChI is InChI=1S/C18H12BrN5O4S/c19-13-9-20-18(21-10-13)29-15-7-5-14(6-8-15)22-11-28-23-12-27-17-4-2-1-3-16(17)24(25)26/h1-12H/b22-11+,23-12+. The van der Waals surface area contributed by atoms with Crippen molar-refractivity contribution in [1.29, 1.82) is 0 Å². The highest BCUT2D eigenvalue weighted by Gasteiger charge is 2.12. The van der Waals surface area contributed by atoms with Gasteiger partial charge < -0.3 is 9.57 Å². The Bertz CT molecular complexity index is 1030. The Kier molecular flexibility index (Phi) is 7.25. The van der Waals surface area contributed by atoms with Crippen molar-refractivity contribution in [1.82, 2.24) is 9.97 Å². The molecule has 0 saturated carbocycles. The molecule has 0 radical (unpaired) electrons. The number of hydrogen-bond acceptors (Lipinski definition) is 9. The molecule has 1 aromatic heterocycles. The van der Waals surface area contributed by atoms with Crippen molar-refractivity contribution in [3.8, 4) is 5.75 Å². The zero-order chi connectivity index (χ0) is 20.5. The number of oxime groups is 1. The van der Waals surface area contributed by atoms with E-state index in [4.69, 9.17) is 9.57 Å². The number of nitro benzene ring substituents is 1. The van der Waals surface area contributed by atoms with Gasteiger partial charge in [-0.05, 0) is 63.2 Å². The number of hydrogen-bond donors (Lipinski definition) is 0. The average molecular weight is 474 g/mol. The first-order valence-corrected chi connectivity index (χ1v) is 9.58. The maximum atomic E-state index is 10.9. The molecule has 29 heavy (non-hydrogen) atoms. The molecule has 0 fully saturated rings. The summed E-state index contributed by atoms with van der Waals surface area (Å²) < 4.78 is 5.91. The van der Waals surface area contributed by atoms with E-state index in [2.05, 4.69) is 36.0 Å². The molecule has 1 heterocycles. The van der Waals surface area contributed by atoms with E-state index < -0.39 is 4.92 Å². The summed E-state index contributed by atoms with van der Waals surface area (Å²) in [7, 11) is 0. The number of aliphatic imine (C=N–C) groups is 1. The topological polar surface area (TPSA) is 112 Å². The molecule has 3 aromatic rings. The summed E-state index contributed by atoms with van der Waals surface area (Å²) in [6.45, 7) is 0. The highest BCUT2D eigenvalue weighted by atomic mass is 79.9. The number of ether oxygens (including phenoxy) is 1. The monoisotopic (exact) mass is 473 g/mol. The maximum Gasteiger partial charge on any atom is 0.311 e. The van der Waals surface area contributed by atoms with Gasteiger partial charge in [0.05, 0.1) is 15.1 Å². The summed E-state index contributed by atoms with van der Waals surface area (Å²) in [6.07, 6.45) is 5.45. The lowest BCUT2D eigenvalue weighted by atomic mass is 10.3. The molecule has 0 bridgehead atoms. The van der Waals surface area contributed by atoms with Crippen molar-refractivity contribution < 1.29 is 14.5 Å². The molecular formula is C18H12BrN5O4S. The van der Waals surface area contributed by atoms with Crippen molar-refractivity contribution in [2.75, 3.05) is 0 Å². The normalized spacial score (nSPS) is 11.1. The third-order valence-corrected chi connectivity index (χ3v) is 4.55. The van der Waals surface area contributed by atoms with Crippen molar-refractivity contribution in [2.45, 2.75) is 10.1 Å². The molecule has 0 amide bonds. The fourth-order valence-corrected chi connectivity index (χ4v) is 2.88. The lowest BCUT2D eigenvalue weighted by molar-refractivity contribution is -0.385. The molecule has 0 N–H and O–H groups in total. The van der Waals surface area contributed by atoms with Crippen LogP contribution in [-0.2, 0) is 4.84 Å². The molecule has 0 aliphatic carbocycles. The van der Waals surface area contributed by atoms with Crippen LogP contribution in [-0.4, -0.2) is 27.7 Å². The molecule has 11 heteroatoms. The minimum atomic E-state index is -0.545. The fourth-order valence-electron chi connectivity index (χ4n) is 1.98. The van der Waals surface area contributed by atoms with E-state index >= 15 is 0 Å². The van der Waals surface area contributed by atoms with E-state index in [0.717, 1.165) is 22.2 Å². The molecule has 0 saturated heterocycles. The summed E-state index contributed by atoms with van der Waals surface area (Å²) >= 11 is 4.72. The number of para-hydroxylation sites is 2.